The van der Waals surface area contributed by atoms with Gasteiger partial charge in [0.15, 0.2) is 5.78 Å². The van der Waals surface area contributed by atoms with Crippen LogP contribution in [0.5, 0.6) is 17.6 Å². The number of nitrogens with two attached hydrogens (primary N) is 1. The van der Waals surface area contributed by atoms with Crippen LogP contribution >= 0.6 is 11.6 Å². The molecule has 0 saturated heterocycles. The lowest BCUT2D eigenvalue weighted by atomic mass is 10.1. The lowest BCUT2D eigenvalue weighted by Gasteiger charge is -2.10. The molecule has 2 N–H and O–H groups in total. The molecule has 0 spiro atoms. The Hall–Kier alpha value is -2.34. The van der Waals surface area contributed by atoms with Crippen LogP contribution in [-0.4, -0.2) is 22.9 Å². The molecule has 0 aliphatic rings. The van der Waals surface area contributed by atoms with Gasteiger partial charge in [-0.15, -0.1) is 0 Å². The molecule has 1 aromatic heterocycles. The summed E-state index contributed by atoms with van der Waals surface area (Å²) in [7, 11) is 1.43. The third kappa shape index (κ3) is 2.97. The SMILES string of the molecule is COc1ncc(Cl)c(Oc2ccc(N)cc2C(C)=O)n1. The first-order valence-corrected chi connectivity index (χ1v) is 6.04. The Morgan fingerprint density at radius 3 is 2.80 bits per heavy atom. The fourth-order valence-electron chi connectivity index (χ4n) is 1.52. The maximum absolute atomic E-state index is 11.6. The summed E-state index contributed by atoms with van der Waals surface area (Å²) in [5, 5.41) is 0.206. The van der Waals surface area contributed by atoms with Crippen molar-refractivity contribution in [2.75, 3.05) is 12.8 Å². The fraction of sp³-hybridized carbons (Fsp3) is 0.154. The molecule has 2 aromatic rings. The summed E-state index contributed by atoms with van der Waals surface area (Å²) in [6.45, 7) is 1.42. The second-order valence-corrected chi connectivity index (χ2v) is 4.33. The first kappa shape index (κ1) is 14.1. The summed E-state index contributed by atoms with van der Waals surface area (Å²) in [6, 6.07) is 4.85. The number of carbonyl (C=O) groups is 1. The highest BCUT2D eigenvalue weighted by Crippen LogP contribution is 2.31. The predicted molar refractivity (Wildman–Crippen MR) is 74.5 cm³/mol. The van der Waals surface area contributed by atoms with Crippen LogP contribution < -0.4 is 15.2 Å². The Labute approximate surface area is 120 Å². The zero-order valence-electron chi connectivity index (χ0n) is 10.9. The van der Waals surface area contributed by atoms with Gasteiger partial charge >= 0.3 is 6.01 Å². The lowest BCUT2D eigenvalue weighted by molar-refractivity contribution is 0.101. The molecule has 0 aliphatic carbocycles. The van der Waals surface area contributed by atoms with Gasteiger partial charge in [-0.05, 0) is 25.1 Å². The molecule has 7 heteroatoms. The minimum absolute atomic E-state index is 0.103. The number of rotatable bonds is 4. The molecule has 20 heavy (non-hydrogen) atoms. The van der Waals surface area contributed by atoms with Crippen LogP contribution in [0, 0.1) is 0 Å². The van der Waals surface area contributed by atoms with E-state index >= 15 is 0 Å². The summed E-state index contributed by atoms with van der Waals surface area (Å²) in [5.74, 6) is 0.240. The van der Waals surface area contributed by atoms with E-state index in [4.69, 9.17) is 26.8 Å². The standard InChI is InChI=1S/C13H12ClN3O3/c1-7(18)9-5-8(15)3-4-11(9)20-12-10(14)6-16-13(17-12)19-2/h3-6H,15H2,1-2H3. The maximum Gasteiger partial charge on any atom is 0.319 e. The Kier molecular flexibility index (Phi) is 4.05. The van der Waals surface area contributed by atoms with Crippen LogP contribution in [0.2, 0.25) is 5.02 Å². The van der Waals surface area contributed by atoms with Gasteiger partial charge in [0.05, 0.1) is 18.9 Å². The third-order valence-electron chi connectivity index (χ3n) is 2.46. The first-order valence-electron chi connectivity index (χ1n) is 5.66. The van der Waals surface area contributed by atoms with Gasteiger partial charge in [-0.3, -0.25) is 4.79 Å². The minimum atomic E-state index is -0.176. The monoisotopic (exact) mass is 293 g/mol. The number of nitrogen functional groups attached to an aromatic ring is 1. The third-order valence-corrected chi connectivity index (χ3v) is 2.72. The van der Waals surface area contributed by atoms with E-state index in [-0.39, 0.29) is 22.7 Å². The number of carbonyl (C=O) groups excluding carboxylic acids is 1. The van der Waals surface area contributed by atoms with Crippen molar-refractivity contribution in [3.63, 3.8) is 0 Å². The molecule has 2 rings (SSSR count). The highest BCUT2D eigenvalue weighted by atomic mass is 35.5. The number of ether oxygens (including phenoxy) is 2. The molecule has 0 saturated carbocycles. The molecule has 0 fully saturated rings. The highest BCUT2D eigenvalue weighted by molar-refractivity contribution is 6.31. The van der Waals surface area contributed by atoms with E-state index in [0.717, 1.165) is 0 Å². The van der Waals surface area contributed by atoms with E-state index in [1.807, 2.05) is 0 Å². The number of hydrogen-bond donors (Lipinski definition) is 1. The highest BCUT2D eigenvalue weighted by Gasteiger charge is 2.14. The summed E-state index contributed by atoms with van der Waals surface area (Å²) in [4.78, 5) is 19.4. The zero-order valence-corrected chi connectivity index (χ0v) is 11.6. The topological polar surface area (TPSA) is 87.3 Å². The smallest absolute Gasteiger partial charge is 0.319 e. The Morgan fingerprint density at radius 2 is 2.15 bits per heavy atom. The number of benzene rings is 1. The normalized spacial score (nSPS) is 10.2. The quantitative estimate of drug-likeness (QED) is 0.689. The maximum atomic E-state index is 11.6. The van der Waals surface area contributed by atoms with Gasteiger partial charge in [0, 0.05) is 5.69 Å². The average Bonchev–Trinajstić information content (AvgIpc) is 2.42. The molecule has 0 bridgehead atoms. The van der Waals surface area contributed by atoms with Gasteiger partial charge in [0.1, 0.15) is 10.8 Å². The number of halogens is 1. The molecule has 0 unspecified atom stereocenters. The van der Waals surface area contributed by atoms with Crippen molar-refractivity contribution in [1.82, 2.24) is 9.97 Å². The Balaban J connectivity index is 2.42. The van der Waals surface area contributed by atoms with Crippen molar-refractivity contribution >= 4 is 23.1 Å². The van der Waals surface area contributed by atoms with E-state index in [1.165, 1.54) is 26.3 Å². The van der Waals surface area contributed by atoms with E-state index in [0.29, 0.717) is 17.0 Å². The lowest BCUT2D eigenvalue weighted by Crippen LogP contribution is -2.01. The molecular formula is C13H12ClN3O3. The average molecular weight is 294 g/mol. The molecule has 0 aliphatic heterocycles. The Morgan fingerprint density at radius 1 is 1.40 bits per heavy atom. The van der Waals surface area contributed by atoms with Gasteiger partial charge in [0.25, 0.3) is 0 Å². The van der Waals surface area contributed by atoms with Gasteiger partial charge in [-0.2, -0.15) is 4.98 Å². The minimum Gasteiger partial charge on any atom is -0.467 e. The van der Waals surface area contributed by atoms with E-state index in [9.17, 15) is 4.79 Å². The number of Topliss-reactive ketones (excluding diaryl/α,β-unsaturated/α-hetero) is 1. The van der Waals surface area contributed by atoms with Crippen LogP contribution in [0.15, 0.2) is 24.4 Å². The molecular weight excluding hydrogens is 282 g/mol. The second-order valence-electron chi connectivity index (χ2n) is 3.92. The number of aromatic nitrogens is 2. The number of ketones is 1. The second kappa shape index (κ2) is 5.75. The summed E-state index contributed by atoms with van der Waals surface area (Å²) < 4.78 is 10.5. The van der Waals surface area contributed by atoms with Crippen LogP contribution in [0.1, 0.15) is 17.3 Å². The van der Waals surface area contributed by atoms with Crippen LogP contribution in [-0.2, 0) is 0 Å². The summed E-state index contributed by atoms with van der Waals surface area (Å²) in [6.07, 6.45) is 1.35. The molecule has 1 heterocycles. The molecule has 0 amide bonds. The van der Waals surface area contributed by atoms with Crippen molar-refractivity contribution < 1.29 is 14.3 Å². The van der Waals surface area contributed by atoms with Gasteiger partial charge < -0.3 is 15.2 Å². The van der Waals surface area contributed by atoms with Gasteiger partial charge in [-0.25, -0.2) is 4.98 Å². The molecule has 6 nitrogen and oxygen atoms in total. The van der Waals surface area contributed by atoms with E-state index in [1.54, 1.807) is 12.1 Å². The summed E-state index contributed by atoms with van der Waals surface area (Å²) in [5.41, 5.74) is 6.47. The Bertz CT molecular complexity index is 661. The van der Waals surface area contributed by atoms with Crippen molar-refractivity contribution in [2.24, 2.45) is 0 Å². The van der Waals surface area contributed by atoms with Crippen molar-refractivity contribution in [3.8, 4) is 17.6 Å². The van der Waals surface area contributed by atoms with E-state index < -0.39 is 0 Å². The number of methoxy groups -OCH3 is 1. The number of hydrogen-bond acceptors (Lipinski definition) is 6. The zero-order chi connectivity index (χ0) is 14.7. The van der Waals surface area contributed by atoms with Gasteiger partial charge in [-0.1, -0.05) is 11.6 Å². The van der Waals surface area contributed by atoms with E-state index in [2.05, 4.69) is 9.97 Å². The largest absolute Gasteiger partial charge is 0.467 e. The molecule has 104 valence electrons. The summed E-state index contributed by atoms with van der Waals surface area (Å²) >= 11 is 5.95. The molecule has 1 aromatic carbocycles. The molecule has 0 atom stereocenters. The fourth-order valence-corrected chi connectivity index (χ4v) is 1.65. The van der Waals surface area contributed by atoms with Crippen LogP contribution in [0.4, 0.5) is 5.69 Å². The van der Waals surface area contributed by atoms with Gasteiger partial charge in [0.2, 0.25) is 5.88 Å². The molecule has 0 radical (unpaired) electrons. The van der Waals surface area contributed by atoms with Crippen LogP contribution in [0.25, 0.3) is 0 Å². The first-order chi connectivity index (χ1) is 9.51. The predicted octanol–water partition coefficient (Wildman–Crippen LogP) is 2.72. The number of nitrogens with zero attached hydrogens (tertiary/aromatic N) is 2. The van der Waals surface area contributed by atoms with Crippen molar-refractivity contribution in [1.29, 1.82) is 0 Å². The van der Waals surface area contributed by atoms with Crippen molar-refractivity contribution in [2.45, 2.75) is 6.92 Å². The number of anilines is 1. The van der Waals surface area contributed by atoms with Crippen LogP contribution in [0.3, 0.4) is 0 Å². The van der Waals surface area contributed by atoms with Crippen molar-refractivity contribution in [3.05, 3.63) is 35.0 Å².